The van der Waals surface area contributed by atoms with Gasteiger partial charge in [-0.2, -0.15) is 0 Å². The number of para-hydroxylation sites is 1. The first-order chi connectivity index (χ1) is 17.5. The van der Waals surface area contributed by atoms with Crippen molar-refractivity contribution in [3.63, 3.8) is 0 Å². The molecule has 184 valence electrons. The van der Waals surface area contributed by atoms with E-state index in [4.69, 9.17) is 4.74 Å². The number of urea groups is 1. The van der Waals surface area contributed by atoms with Gasteiger partial charge < -0.3 is 9.64 Å². The second-order valence-corrected chi connectivity index (χ2v) is 9.42. The van der Waals surface area contributed by atoms with Crippen LogP contribution in [0.25, 0.3) is 10.9 Å². The third-order valence-electron chi connectivity index (χ3n) is 7.05. The van der Waals surface area contributed by atoms with Crippen LogP contribution in [0.1, 0.15) is 33.9 Å². The Labute approximate surface area is 212 Å². The normalized spacial score (nSPS) is 15.6. The van der Waals surface area contributed by atoms with Gasteiger partial charge in [-0.1, -0.05) is 48.5 Å². The first kappa shape index (κ1) is 23.8. The number of aryl methyl sites for hydroxylation is 2. The van der Waals surface area contributed by atoms with Gasteiger partial charge in [0.1, 0.15) is 5.75 Å². The molecule has 0 spiro atoms. The minimum atomic E-state index is -0.0164. The molecule has 1 N–H and O–H groups in total. The van der Waals surface area contributed by atoms with E-state index in [1.54, 1.807) is 12.1 Å². The molecule has 6 heteroatoms. The molecule has 1 aromatic heterocycles. The van der Waals surface area contributed by atoms with Gasteiger partial charge in [0, 0.05) is 24.7 Å². The van der Waals surface area contributed by atoms with Gasteiger partial charge in [-0.25, -0.2) is 10.2 Å². The van der Waals surface area contributed by atoms with Crippen molar-refractivity contribution in [1.82, 2.24) is 20.3 Å². The Hall–Kier alpha value is -3.90. The molecule has 1 aliphatic heterocycles. The number of nitrogens with one attached hydrogen (secondary N) is 1. The Bertz CT molecular complexity index is 1370. The summed E-state index contributed by atoms with van der Waals surface area (Å²) in [6.07, 6.45) is 2.65. The Morgan fingerprint density at radius 2 is 1.78 bits per heavy atom. The molecule has 0 aliphatic carbocycles. The van der Waals surface area contributed by atoms with E-state index in [1.807, 2.05) is 41.4 Å². The number of methoxy groups -OCH3 is 1. The Morgan fingerprint density at radius 1 is 0.972 bits per heavy atom. The number of carbonyl (C=O) groups excluding carboxylic acids is 1. The second kappa shape index (κ2) is 10.4. The number of hydrazine groups is 1. The van der Waals surface area contributed by atoms with Crippen LogP contribution in [-0.2, 0) is 13.0 Å². The van der Waals surface area contributed by atoms with Gasteiger partial charge in [0.05, 0.1) is 25.2 Å². The van der Waals surface area contributed by atoms with Gasteiger partial charge in [-0.05, 0) is 72.4 Å². The van der Waals surface area contributed by atoms with E-state index in [2.05, 4.69) is 66.7 Å². The van der Waals surface area contributed by atoms with E-state index < -0.39 is 0 Å². The molecular formula is C30H32N4O2. The highest BCUT2D eigenvalue weighted by Gasteiger charge is 2.38. The quantitative estimate of drug-likeness (QED) is 0.357. The molecule has 2 heterocycles. The average molecular weight is 481 g/mol. The minimum absolute atomic E-state index is 0.000452. The summed E-state index contributed by atoms with van der Waals surface area (Å²) < 4.78 is 5.28. The monoisotopic (exact) mass is 480 g/mol. The molecule has 0 radical (unpaired) electrons. The van der Waals surface area contributed by atoms with Gasteiger partial charge in [0.2, 0.25) is 0 Å². The van der Waals surface area contributed by atoms with Gasteiger partial charge in [0.15, 0.2) is 0 Å². The van der Waals surface area contributed by atoms with Crippen LogP contribution in [0.2, 0.25) is 0 Å². The fraction of sp³-hybridized carbons (Fsp3) is 0.267. The van der Waals surface area contributed by atoms with Crippen molar-refractivity contribution in [2.45, 2.75) is 32.9 Å². The number of aromatic nitrogens is 1. The minimum Gasteiger partial charge on any atom is -0.497 e. The van der Waals surface area contributed by atoms with Crippen molar-refractivity contribution in [3.05, 3.63) is 107 Å². The third kappa shape index (κ3) is 5.04. The summed E-state index contributed by atoms with van der Waals surface area (Å²) in [6, 6.07) is 24.7. The lowest BCUT2D eigenvalue weighted by atomic mass is 10.0. The molecule has 36 heavy (non-hydrogen) atoms. The summed E-state index contributed by atoms with van der Waals surface area (Å²) in [7, 11) is 1.67. The Balaban J connectivity index is 1.33. The fourth-order valence-corrected chi connectivity index (χ4v) is 4.72. The smallest absolute Gasteiger partial charge is 0.335 e. The lowest BCUT2D eigenvalue weighted by Gasteiger charge is -2.24. The zero-order chi connectivity index (χ0) is 25.1. The zero-order valence-corrected chi connectivity index (χ0v) is 21.1. The molecule has 2 amide bonds. The number of benzene rings is 3. The summed E-state index contributed by atoms with van der Waals surface area (Å²) in [5.41, 5.74) is 10.2. The summed E-state index contributed by atoms with van der Waals surface area (Å²) in [5.74, 6) is 0.836. The maximum atomic E-state index is 13.6. The number of amides is 2. The van der Waals surface area contributed by atoms with Crippen molar-refractivity contribution < 1.29 is 9.53 Å². The fourth-order valence-electron chi connectivity index (χ4n) is 4.72. The van der Waals surface area contributed by atoms with E-state index in [0.29, 0.717) is 19.6 Å². The Morgan fingerprint density at radius 3 is 2.56 bits per heavy atom. The molecule has 1 atom stereocenters. The van der Waals surface area contributed by atoms with Crippen LogP contribution in [0.3, 0.4) is 0 Å². The van der Waals surface area contributed by atoms with Crippen molar-refractivity contribution >= 4 is 16.9 Å². The van der Waals surface area contributed by atoms with Crippen LogP contribution in [0.15, 0.2) is 79.0 Å². The van der Waals surface area contributed by atoms with Gasteiger partial charge in [0.25, 0.3) is 0 Å². The average Bonchev–Trinajstić information content (AvgIpc) is 3.23. The van der Waals surface area contributed by atoms with Crippen LogP contribution in [0.5, 0.6) is 5.75 Å². The molecule has 0 bridgehead atoms. The predicted molar refractivity (Wildman–Crippen MR) is 143 cm³/mol. The lowest BCUT2D eigenvalue weighted by Crippen LogP contribution is -2.41. The van der Waals surface area contributed by atoms with Crippen LogP contribution in [0.4, 0.5) is 4.79 Å². The molecule has 3 aromatic carbocycles. The van der Waals surface area contributed by atoms with E-state index in [-0.39, 0.29) is 12.1 Å². The number of rotatable bonds is 8. The highest BCUT2D eigenvalue weighted by atomic mass is 16.5. The first-order valence-electron chi connectivity index (χ1n) is 12.4. The van der Waals surface area contributed by atoms with Crippen LogP contribution in [0, 0.1) is 13.8 Å². The number of nitrogens with zero attached hydrogens (tertiary/aromatic N) is 3. The first-order valence-corrected chi connectivity index (χ1v) is 12.4. The summed E-state index contributed by atoms with van der Waals surface area (Å²) in [5, 5.41) is 2.85. The van der Waals surface area contributed by atoms with E-state index in [9.17, 15) is 4.79 Å². The number of hydrogen-bond acceptors (Lipinski definition) is 4. The van der Waals surface area contributed by atoms with Crippen molar-refractivity contribution in [2.75, 3.05) is 20.2 Å². The number of pyridine rings is 1. The zero-order valence-electron chi connectivity index (χ0n) is 21.1. The maximum absolute atomic E-state index is 13.6. The standard InChI is InChI=1S/C30H32N4O2/c1-21-8-11-26(16-22(21)2)29-20-34(32-19-24-17-25-6-4-5-7-28(25)31-18-24)30(35)33(29)15-14-23-9-12-27(36-3)13-10-23/h4-13,16-18,29,32H,14-15,19-20H2,1-3H3. The maximum Gasteiger partial charge on any atom is 0.335 e. The number of fused-ring (bicyclic) bond motifs is 1. The van der Waals surface area contributed by atoms with Gasteiger partial charge in [-0.3, -0.25) is 9.99 Å². The molecule has 0 saturated carbocycles. The van der Waals surface area contributed by atoms with Gasteiger partial charge in [-0.15, -0.1) is 0 Å². The number of ether oxygens (including phenoxy) is 1. The molecule has 4 aromatic rings. The van der Waals surface area contributed by atoms with E-state index >= 15 is 0 Å². The summed E-state index contributed by atoms with van der Waals surface area (Å²) in [6.45, 7) is 6.00. The predicted octanol–water partition coefficient (Wildman–Crippen LogP) is 5.59. The molecule has 5 rings (SSSR count). The second-order valence-electron chi connectivity index (χ2n) is 9.42. The highest BCUT2D eigenvalue weighted by molar-refractivity contribution is 5.79. The van der Waals surface area contributed by atoms with Crippen LogP contribution in [-0.4, -0.2) is 41.1 Å². The van der Waals surface area contributed by atoms with Crippen LogP contribution >= 0.6 is 0 Å². The van der Waals surface area contributed by atoms with Crippen LogP contribution < -0.4 is 10.2 Å². The Kier molecular flexibility index (Phi) is 6.87. The number of carbonyl (C=O) groups is 1. The molecule has 1 fully saturated rings. The largest absolute Gasteiger partial charge is 0.497 e. The number of hydrogen-bond donors (Lipinski definition) is 1. The van der Waals surface area contributed by atoms with E-state index in [0.717, 1.165) is 34.2 Å². The molecule has 1 saturated heterocycles. The molecule has 6 nitrogen and oxygen atoms in total. The summed E-state index contributed by atoms with van der Waals surface area (Å²) >= 11 is 0. The highest BCUT2D eigenvalue weighted by Crippen LogP contribution is 2.30. The topological polar surface area (TPSA) is 57.7 Å². The lowest BCUT2D eigenvalue weighted by molar-refractivity contribution is 0.171. The van der Waals surface area contributed by atoms with Crippen molar-refractivity contribution in [3.8, 4) is 5.75 Å². The van der Waals surface area contributed by atoms with Gasteiger partial charge >= 0.3 is 6.03 Å². The molecule has 1 aliphatic rings. The summed E-state index contributed by atoms with van der Waals surface area (Å²) in [4.78, 5) is 20.1. The molecule has 1 unspecified atom stereocenters. The van der Waals surface area contributed by atoms with E-state index in [1.165, 1.54) is 16.7 Å². The third-order valence-corrected chi connectivity index (χ3v) is 7.05. The SMILES string of the molecule is COc1ccc(CCN2C(=O)N(NCc3cnc4ccccc4c3)CC2c2ccc(C)c(C)c2)cc1. The van der Waals surface area contributed by atoms with Crippen molar-refractivity contribution in [2.24, 2.45) is 0 Å². The van der Waals surface area contributed by atoms with Crippen molar-refractivity contribution in [1.29, 1.82) is 0 Å². The molecular weight excluding hydrogens is 448 g/mol.